The molecule has 1 aromatic heterocycles. The Morgan fingerprint density at radius 1 is 1.30 bits per heavy atom. The Kier molecular flexibility index (Phi) is 3.43. The lowest BCUT2D eigenvalue weighted by Gasteiger charge is -2.14. The number of Topliss-reactive ketones (excluding diaryl/α,β-unsaturated/α-hetero) is 1. The first-order valence-corrected chi connectivity index (χ1v) is 7.22. The number of benzene rings is 1. The lowest BCUT2D eigenvalue weighted by Crippen LogP contribution is -2.14. The van der Waals surface area contributed by atoms with Gasteiger partial charge in [-0.3, -0.25) is 9.36 Å². The molecule has 0 N–H and O–H groups in total. The highest BCUT2D eigenvalue weighted by molar-refractivity contribution is 7.99. The van der Waals surface area contributed by atoms with Gasteiger partial charge in [0, 0.05) is 18.8 Å². The van der Waals surface area contributed by atoms with Gasteiger partial charge in [0.25, 0.3) is 0 Å². The zero-order valence-corrected chi connectivity index (χ0v) is 11.7. The monoisotopic (exact) mass is 292 g/mol. The second-order valence-electron chi connectivity index (χ2n) is 4.55. The number of anilines is 2. The van der Waals surface area contributed by atoms with Gasteiger partial charge in [-0.2, -0.15) is 0 Å². The van der Waals surface area contributed by atoms with Gasteiger partial charge in [0.15, 0.2) is 5.16 Å². The van der Waals surface area contributed by atoms with Crippen molar-refractivity contribution in [1.29, 1.82) is 0 Å². The van der Waals surface area contributed by atoms with E-state index in [4.69, 9.17) is 0 Å². The van der Waals surface area contributed by atoms with E-state index in [9.17, 15) is 9.18 Å². The Balaban J connectivity index is 1.84. The topological polar surface area (TPSA) is 51.0 Å². The number of aromatic nitrogens is 3. The Bertz CT molecular complexity index is 640. The Labute approximate surface area is 119 Å². The van der Waals surface area contributed by atoms with Crippen molar-refractivity contribution < 1.29 is 9.18 Å². The van der Waals surface area contributed by atoms with Gasteiger partial charge in [-0.25, -0.2) is 4.39 Å². The van der Waals surface area contributed by atoms with Crippen LogP contribution in [0, 0.1) is 5.82 Å². The van der Waals surface area contributed by atoms with Crippen LogP contribution in [-0.2, 0) is 11.3 Å². The Morgan fingerprint density at radius 3 is 2.75 bits per heavy atom. The van der Waals surface area contributed by atoms with Crippen LogP contribution in [0.25, 0.3) is 0 Å². The lowest BCUT2D eigenvalue weighted by atomic mass is 10.3. The molecule has 0 atom stereocenters. The minimum atomic E-state index is -0.257. The van der Waals surface area contributed by atoms with E-state index >= 15 is 0 Å². The molecule has 0 fully saturated rings. The number of nitrogens with zero attached hydrogens (tertiary/aromatic N) is 4. The summed E-state index contributed by atoms with van der Waals surface area (Å²) in [5.41, 5.74) is 0.890. The number of fused-ring (bicyclic) bond motifs is 1. The number of hydrogen-bond donors (Lipinski definition) is 0. The largest absolute Gasteiger partial charge is 0.309 e. The van der Waals surface area contributed by atoms with Crippen molar-refractivity contribution in [2.75, 3.05) is 17.2 Å². The highest BCUT2D eigenvalue weighted by atomic mass is 32.2. The summed E-state index contributed by atoms with van der Waals surface area (Å²) in [6.07, 6.45) is 0. The molecule has 0 amide bonds. The summed E-state index contributed by atoms with van der Waals surface area (Å²) in [5, 5.41) is 9.03. The second kappa shape index (κ2) is 5.24. The summed E-state index contributed by atoms with van der Waals surface area (Å²) < 4.78 is 14.9. The Hall–Kier alpha value is -1.89. The first-order chi connectivity index (χ1) is 9.65. The molecule has 2 heterocycles. The molecule has 3 rings (SSSR count). The van der Waals surface area contributed by atoms with E-state index in [0.29, 0.717) is 5.75 Å². The van der Waals surface area contributed by atoms with E-state index in [2.05, 4.69) is 10.2 Å². The summed E-state index contributed by atoms with van der Waals surface area (Å²) >= 11 is 1.39. The average molecular weight is 292 g/mol. The Morgan fingerprint density at radius 2 is 2.05 bits per heavy atom. The third-order valence-electron chi connectivity index (χ3n) is 3.03. The van der Waals surface area contributed by atoms with E-state index in [1.165, 1.54) is 23.9 Å². The fourth-order valence-electron chi connectivity index (χ4n) is 2.11. The number of halogens is 1. The molecule has 0 radical (unpaired) electrons. The van der Waals surface area contributed by atoms with Crippen molar-refractivity contribution in [1.82, 2.24) is 14.8 Å². The summed E-state index contributed by atoms with van der Waals surface area (Å²) in [4.78, 5) is 13.0. The van der Waals surface area contributed by atoms with Gasteiger partial charge in [-0.05, 0) is 31.2 Å². The number of hydrogen-bond acceptors (Lipinski definition) is 5. The first-order valence-electron chi connectivity index (χ1n) is 6.23. The van der Waals surface area contributed by atoms with Crippen LogP contribution in [0.15, 0.2) is 29.4 Å². The van der Waals surface area contributed by atoms with Gasteiger partial charge in [0.1, 0.15) is 11.6 Å². The molecule has 5 nitrogen and oxygen atoms in total. The molecule has 1 aliphatic rings. The van der Waals surface area contributed by atoms with Crippen molar-refractivity contribution in [3.8, 4) is 0 Å². The third-order valence-corrected chi connectivity index (χ3v) is 4.14. The van der Waals surface area contributed by atoms with E-state index in [1.807, 2.05) is 9.47 Å². The van der Waals surface area contributed by atoms with Crippen molar-refractivity contribution in [3.63, 3.8) is 0 Å². The number of rotatable bonds is 4. The molecule has 1 aliphatic heterocycles. The predicted molar refractivity (Wildman–Crippen MR) is 74.8 cm³/mol. The second-order valence-corrected chi connectivity index (χ2v) is 5.50. The van der Waals surface area contributed by atoms with Gasteiger partial charge in [-0.15, -0.1) is 10.2 Å². The summed E-state index contributed by atoms with van der Waals surface area (Å²) in [5.74, 6) is 0.991. The number of carbonyl (C=O) groups is 1. The average Bonchev–Trinajstić information content (AvgIpc) is 2.99. The fourth-order valence-corrected chi connectivity index (χ4v) is 2.87. The lowest BCUT2D eigenvalue weighted by molar-refractivity contribution is -0.114. The molecule has 7 heteroatoms. The standard InChI is InChI=1S/C13H13FN4OS/c1-9(19)8-20-13-16-15-12-17(6-7-18(12)13)11-4-2-10(14)3-5-11/h2-5H,6-8H2,1H3. The van der Waals surface area contributed by atoms with Crippen LogP contribution >= 0.6 is 11.8 Å². The molecule has 0 saturated carbocycles. The van der Waals surface area contributed by atoms with Crippen LogP contribution in [0.5, 0.6) is 0 Å². The van der Waals surface area contributed by atoms with E-state index in [-0.39, 0.29) is 11.6 Å². The number of ketones is 1. The fraction of sp³-hybridized carbons (Fsp3) is 0.308. The minimum Gasteiger partial charge on any atom is -0.309 e. The third kappa shape index (κ3) is 2.40. The number of thioether (sulfide) groups is 1. The van der Waals surface area contributed by atoms with E-state index in [0.717, 1.165) is 29.9 Å². The van der Waals surface area contributed by atoms with Crippen LogP contribution in [0.3, 0.4) is 0 Å². The van der Waals surface area contributed by atoms with Crippen LogP contribution in [-0.4, -0.2) is 32.8 Å². The van der Waals surface area contributed by atoms with Gasteiger partial charge >= 0.3 is 0 Å². The molecule has 0 unspecified atom stereocenters. The molecule has 0 saturated heterocycles. The quantitative estimate of drug-likeness (QED) is 0.809. The van der Waals surface area contributed by atoms with Crippen LogP contribution in [0.2, 0.25) is 0 Å². The number of carbonyl (C=O) groups excluding carboxylic acids is 1. The minimum absolute atomic E-state index is 0.112. The van der Waals surface area contributed by atoms with Crippen LogP contribution < -0.4 is 4.90 Å². The molecule has 2 aromatic rings. The van der Waals surface area contributed by atoms with Crippen LogP contribution in [0.1, 0.15) is 6.92 Å². The van der Waals surface area contributed by atoms with Crippen molar-refractivity contribution in [2.24, 2.45) is 0 Å². The molecule has 20 heavy (non-hydrogen) atoms. The highest BCUT2D eigenvalue weighted by Gasteiger charge is 2.26. The van der Waals surface area contributed by atoms with Crippen molar-refractivity contribution in [2.45, 2.75) is 18.6 Å². The molecule has 104 valence electrons. The molecular formula is C13H13FN4OS. The normalized spacial score (nSPS) is 13.6. The van der Waals surface area contributed by atoms with Gasteiger partial charge in [0.2, 0.25) is 5.95 Å². The zero-order chi connectivity index (χ0) is 14.1. The highest BCUT2D eigenvalue weighted by Crippen LogP contribution is 2.31. The molecule has 0 spiro atoms. The predicted octanol–water partition coefficient (Wildman–Crippen LogP) is 2.25. The summed E-state index contributed by atoms with van der Waals surface area (Å²) in [6, 6.07) is 6.31. The van der Waals surface area contributed by atoms with Gasteiger partial charge in [-0.1, -0.05) is 11.8 Å². The van der Waals surface area contributed by atoms with Crippen molar-refractivity contribution >= 4 is 29.2 Å². The van der Waals surface area contributed by atoms with Crippen LogP contribution in [0.4, 0.5) is 16.0 Å². The molecule has 1 aromatic carbocycles. The SMILES string of the molecule is CC(=O)CSc1nnc2n1CCN2c1ccc(F)cc1. The van der Waals surface area contributed by atoms with Crippen molar-refractivity contribution in [3.05, 3.63) is 30.1 Å². The smallest absolute Gasteiger partial charge is 0.232 e. The zero-order valence-electron chi connectivity index (χ0n) is 10.9. The maximum atomic E-state index is 13.0. The van der Waals surface area contributed by atoms with E-state index in [1.54, 1.807) is 19.1 Å². The van der Waals surface area contributed by atoms with Gasteiger partial charge in [0.05, 0.1) is 5.75 Å². The van der Waals surface area contributed by atoms with E-state index < -0.39 is 0 Å². The summed E-state index contributed by atoms with van der Waals surface area (Å²) in [6.45, 7) is 3.09. The molecular weight excluding hydrogens is 279 g/mol. The summed E-state index contributed by atoms with van der Waals surface area (Å²) in [7, 11) is 0. The molecule has 0 bridgehead atoms. The van der Waals surface area contributed by atoms with Gasteiger partial charge < -0.3 is 4.90 Å². The maximum absolute atomic E-state index is 13.0. The maximum Gasteiger partial charge on any atom is 0.232 e. The molecule has 0 aliphatic carbocycles. The first kappa shape index (κ1) is 13.1.